The molecule has 4 rings (SSSR count). The normalized spacial score (nSPS) is 27.5. The molecule has 0 saturated carbocycles. The molecule has 0 bridgehead atoms. The number of hydrogen-bond donors (Lipinski definition) is 0. The van der Waals surface area contributed by atoms with E-state index in [0.717, 1.165) is 16.3 Å². The number of likely N-dealkylation sites (tertiary alicyclic amines) is 1. The lowest BCUT2D eigenvalue weighted by atomic mass is 9.75. The molecule has 7 heteroatoms. The van der Waals surface area contributed by atoms with Crippen LogP contribution in [-0.4, -0.2) is 35.8 Å². The number of carbonyl (C=O) groups is 1. The molecule has 1 fully saturated rings. The summed E-state index contributed by atoms with van der Waals surface area (Å²) in [5.41, 5.74) is 0.177. The van der Waals surface area contributed by atoms with E-state index in [0.29, 0.717) is 5.69 Å². The Morgan fingerprint density at radius 2 is 1.71 bits per heavy atom. The Hall–Kier alpha value is -3.09. The SMILES string of the molecule is Cc1ccc(N2N=C(C(F)(F)F)/C(=C/C=C3/N(C)C4C=CC=CC4C3(C)C)C2=O)cc1. The molecular formula is C24H24F3N3O. The Morgan fingerprint density at radius 1 is 1.06 bits per heavy atom. The number of rotatable bonds is 2. The zero-order valence-corrected chi connectivity index (χ0v) is 17.8. The minimum absolute atomic E-state index is 0.128. The van der Waals surface area contributed by atoms with Gasteiger partial charge in [-0.2, -0.15) is 23.3 Å². The van der Waals surface area contributed by atoms with Gasteiger partial charge in [-0.15, -0.1) is 0 Å². The van der Waals surface area contributed by atoms with Crippen molar-refractivity contribution in [1.82, 2.24) is 4.90 Å². The van der Waals surface area contributed by atoms with Crippen LogP contribution < -0.4 is 5.01 Å². The highest BCUT2D eigenvalue weighted by molar-refractivity contribution is 6.32. The summed E-state index contributed by atoms with van der Waals surface area (Å²) in [6.45, 7) is 5.99. The molecule has 1 amide bonds. The molecule has 4 nitrogen and oxygen atoms in total. The fourth-order valence-electron chi connectivity index (χ4n) is 4.55. The summed E-state index contributed by atoms with van der Waals surface area (Å²) < 4.78 is 41.1. The Balaban J connectivity index is 1.74. The molecule has 1 saturated heterocycles. The summed E-state index contributed by atoms with van der Waals surface area (Å²) in [4.78, 5) is 15.0. The van der Waals surface area contributed by atoms with E-state index in [-0.39, 0.29) is 17.4 Å². The summed E-state index contributed by atoms with van der Waals surface area (Å²) in [7, 11) is 1.92. The average Bonchev–Trinajstić information content (AvgIpc) is 3.14. The highest BCUT2D eigenvalue weighted by atomic mass is 19.4. The Bertz CT molecular complexity index is 1060. The smallest absolute Gasteiger partial charge is 0.370 e. The summed E-state index contributed by atoms with van der Waals surface area (Å²) in [5, 5.41) is 4.46. The third kappa shape index (κ3) is 3.52. The molecule has 31 heavy (non-hydrogen) atoms. The average molecular weight is 427 g/mol. The van der Waals surface area contributed by atoms with E-state index >= 15 is 0 Å². The second-order valence-electron chi connectivity index (χ2n) is 8.65. The molecule has 3 aliphatic rings. The van der Waals surface area contributed by atoms with Gasteiger partial charge in [-0.25, -0.2) is 0 Å². The predicted molar refractivity (Wildman–Crippen MR) is 115 cm³/mol. The van der Waals surface area contributed by atoms with Gasteiger partial charge in [0.1, 0.15) is 0 Å². The van der Waals surface area contributed by atoms with Crippen molar-refractivity contribution in [2.75, 3.05) is 12.1 Å². The molecule has 0 radical (unpaired) electrons. The number of benzene rings is 1. The number of hydrazone groups is 1. The number of amides is 1. The third-order valence-corrected chi connectivity index (χ3v) is 6.26. The molecule has 1 aromatic carbocycles. The predicted octanol–water partition coefficient (Wildman–Crippen LogP) is 5.15. The van der Waals surface area contributed by atoms with Crippen LogP contribution in [0.25, 0.3) is 0 Å². The lowest BCUT2D eigenvalue weighted by Gasteiger charge is -2.26. The van der Waals surface area contributed by atoms with Crippen molar-refractivity contribution >= 4 is 17.3 Å². The molecule has 2 unspecified atom stereocenters. The van der Waals surface area contributed by atoms with Crippen LogP contribution in [0.4, 0.5) is 18.9 Å². The van der Waals surface area contributed by atoms with Crippen molar-refractivity contribution < 1.29 is 18.0 Å². The van der Waals surface area contributed by atoms with Crippen LogP contribution in [0.2, 0.25) is 0 Å². The van der Waals surface area contributed by atoms with Crippen LogP contribution in [0.15, 0.2) is 77.1 Å². The molecule has 2 heterocycles. The van der Waals surface area contributed by atoms with Gasteiger partial charge in [0.2, 0.25) is 0 Å². The minimum atomic E-state index is -4.74. The fraction of sp³-hybridized carbons (Fsp3) is 0.333. The van der Waals surface area contributed by atoms with Crippen LogP contribution in [0.1, 0.15) is 19.4 Å². The van der Waals surface area contributed by atoms with Gasteiger partial charge in [0.05, 0.1) is 17.3 Å². The molecule has 162 valence electrons. The molecule has 0 N–H and O–H groups in total. The van der Waals surface area contributed by atoms with E-state index in [2.05, 4.69) is 36.0 Å². The standard InChI is InChI=1S/C24H24F3N3O/c1-15-9-11-16(12-10-15)30-22(31)17(21(28-30)24(25,26)27)13-14-20-23(2,3)18-7-5-6-8-19(18)29(20)4/h5-14,18-19H,1-4H3/b17-13-,20-14+. The Kier molecular flexibility index (Phi) is 4.95. The number of halogens is 3. The first-order chi connectivity index (χ1) is 14.5. The molecule has 0 aromatic heterocycles. The number of aryl methyl sites for hydroxylation is 1. The van der Waals surface area contributed by atoms with Crippen molar-refractivity contribution in [3.8, 4) is 0 Å². The topological polar surface area (TPSA) is 35.9 Å². The number of alkyl halides is 3. The maximum Gasteiger partial charge on any atom is 0.435 e. The largest absolute Gasteiger partial charge is 0.435 e. The molecule has 1 aromatic rings. The van der Waals surface area contributed by atoms with Crippen molar-refractivity contribution in [3.63, 3.8) is 0 Å². The molecule has 1 aliphatic carbocycles. The minimum Gasteiger partial charge on any atom is -0.370 e. The molecule has 2 aliphatic heterocycles. The Morgan fingerprint density at radius 3 is 2.32 bits per heavy atom. The van der Waals surface area contributed by atoms with Gasteiger partial charge < -0.3 is 4.90 Å². The van der Waals surface area contributed by atoms with Gasteiger partial charge in [0.25, 0.3) is 5.91 Å². The number of anilines is 1. The Labute approximate surface area is 179 Å². The van der Waals surface area contributed by atoms with Gasteiger partial charge in [-0.1, -0.05) is 55.8 Å². The van der Waals surface area contributed by atoms with Crippen molar-refractivity contribution in [2.24, 2.45) is 16.4 Å². The number of fused-ring (bicyclic) bond motifs is 1. The second-order valence-corrected chi connectivity index (χ2v) is 8.65. The zero-order valence-electron chi connectivity index (χ0n) is 17.8. The van der Waals surface area contributed by atoms with E-state index in [4.69, 9.17) is 0 Å². The number of likely N-dealkylation sites (N-methyl/N-ethyl adjacent to an activating group) is 1. The van der Waals surface area contributed by atoms with Gasteiger partial charge in [-0.3, -0.25) is 4.79 Å². The maximum absolute atomic E-state index is 13.7. The highest BCUT2D eigenvalue weighted by Gasteiger charge is 2.48. The summed E-state index contributed by atoms with van der Waals surface area (Å²) in [6.07, 6.45) is 6.33. The first-order valence-electron chi connectivity index (χ1n) is 10.1. The summed E-state index contributed by atoms with van der Waals surface area (Å²) in [6, 6.07) is 6.76. The van der Waals surface area contributed by atoms with Crippen molar-refractivity contribution in [3.05, 3.63) is 77.6 Å². The molecule has 2 atom stereocenters. The molecule has 0 spiro atoms. The van der Waals surface area contributed by atoms with Gasteiger partial charge in [0.15, 0.2) is 5.71 Å². The van der Waals surface area contributed by atoms with Crippen LogP contribution in [0, 0.1) is 18.3 Å². The quantitative estimate of drug-likeness (QED) is 0.612. The monoisotopic (exact) mass is 427 g/mol. The van der Waals surface area contributed by atoms with Gasteiger partial charge in [0, 0.05) is 24.1 Å². The highest BCUT2D eigenvalue weighted by Crippen LogP contribution is 2.49. The first kappa shape index (κ1) is 21.2. The molecular weight excluding hydrogens is 403 g/mol. The third-order valence-electron chi connectivity index (χ3n) is 6.26. The number of carbonyl (C=O) groups excluding carboxylic acids is 1. The number of nitrogens with zero attached hydrogens (tertiary/aromatic N) is 3. The summed E-state index contributed by atoms with van der Waals surface area (Å²) >= 11 is 0. The van der Waals surface area contributed by atoms with Gasteiger partial charge >= 0.3 is 6.18 Å². The van der Waals surface area contributed by atoms with E-state index < -0.39 is 23.4 Å². The van der Waals surface area contributed by atoms with Crippen LogP contribution in [-0.2, 0) is 4.79 Å². The maximum atomic E-state index is 13.7. The first-order valence-corrected chi connectivity index (χ1v) is 10.1. The van der Waals surface area contributed by atoms with Crippen molar-refractivity contribution in [2.45, 2.75) is 33.0 Å². The number of allylic oxidation sites excluding steroid dienone is 5. The lowest BCUT2D eigenvalue weighted by Crippen LogP contribution is -2.27. The van der Waals surface area contributed by atoms with E-state index in [1.165, 1.54) is 6.08 Å². The number of hydrogen-bond acceptors (Lipinski definition) is 3. The van der Waals surface area contributed by atoms with E-state index in [9.17, 15) is 18.0 Å². The zero-order chi connectivity index (χ0) is 22.6. The fourth-order valence-corrected chi connectivity index (χ4v) is 4.55. The lowest BCUT2D eigenvalue weighted by molar-refractivity contribution is -0.114. The van der Waals surface area contributed by atoms with Crippen LogP contribution in [0.5, 0.6) is 0 Å². The van der Waals surface area contributed by atoms with E-state index in [1.807, 2.05) is 26.1 Å². The van der Waals surface area contributed by atoms with Crippen LogP contribution >= 0.6 is 0 Å². The summed E-state index contributed by atoms with van der Waals surface area (Å²) in [5.74, 6) is -0.588. The van der Waals surface area contributed by atoms with Gasteiger partial charge in [-0.05, 0) is 31.2 Å². The van der Waals surface area contributed by atoms with Crippen LogP contribution in [0.3, 0.4) is 0 Å². The second kappa shape index (κ2) is 7.25. The van der Waals surface area contributed by atoms with E-state index in [1.54, 1.807) is 30.3 Å². The van der Waals surface area contributed by atoms with Crippen molar-refractivity contribution in [1.29, 1.82) is 0 Å².